The van der Waals surface area contributed by atoms with Gasteiger partial charge >= 0.3 is 0 Å². The Morgan fingerprint density at radius 2 is 1.59 bits per heavy atom. The molecule has 0 radical (unpaired) electrons. The molecule has 1 nitrogen and oxygen atoms in total. The molecule has 118 valence electrons. The van der Waals surface area contributed by atoms with Crippen molar-refractivity contribution in [1.29, 1.82) is 0 Å². The lowest BCUT2D eigenvalue weighted by molar-refractivity contribution is -0.0315. The maximum absolute atomic E-state index is 4.67. The number of anilines is 1. The van der Waals surface area contributed by atoms with Crippen LogP contribution in [0.1, 0.15) is 51.9 Å². The third-order valence-corrected chi connectivity index (χ3v) is 6.49. The topological polar surface area (TPSA) is 3.24 Å². The molecule has 0 unspecified atom stereocenters. The van der Waals surface area contributed by atoms with Crippen LogP contribution in [0.15, 0.2) is 42.6 Å². The summed E-state index contributed by atoms with van der Waals surface area (Å²) in [6.45, 7) is 8.05. The molecule has 22 heavy (non-hydrogen) atoms. The fourth-order valence-electron chi connectivity index (χ4n) is 6.00. The fourth-order valence-corrected chi connectivity index (χ4v) is 6.00. The quantitative estimate of drug-likeness (QED) is 0.680. The second kappa shape index (κ2) is 5.44. The van der Waals surface area contributed by atoms with Gasteiger partial charge in [0, 0.05) is 23.3 Å². The molecule has 0 heterocycles. The highest BCUT2D eigenvalue weighted by molar-refractivity contribution is 5.53. The first kappa shape index (κ1) is 14.4. The molecular formula is C21H29N. The summed E-state index contributed by atoms with van der Waals surface area (Å²) in [5.74, 6) is 2.96. The Labute approximate surface area is 135 Å². The van der Waals surface area contributed by atoms with Crippen molar-refractivity contribution in [1.82, 2.24) is 0 Å². The van der Waals surface area contributed by atoms with Crippen molar-refractivity contribution in [3.63, 3.8) is 0 Å². The van der Waals surface area contributed by atoms with Crippen LogP contribution in [0.25, 0.3) is 0 Å². The van der Waals surface area contributed by atoms with E-state index in [9.17, 15) is 0 Å². The molecule has 1 aromatic rings. The second-order valence-corrected chi connectivity index (χ2v) is 8.13. The van der Waals surface area contributed by atoms with Crippen LogP contribution in [0.3, 0.4) is 0 Å². The van der Waals surface area contributed by atoms with Crippen LogP contribution in [0.2, 0.25) is 0 Å². The van der Waals surface area contributed by atoms with E-state index in [1.54, 1.807) is 0 Å². The predicted octanol–water partition coefficient (Wildman–Crippen LogP) is 5.63. The number of benzene rings is 1. The van der Waals surface area contributed by atoms with Crippen LogP contribution >= 0.6 is 0 Å². The van der Waals surface area contributed by atoms with Crippen LogP contribution in [-0.4, -0.2) is 6.54 Å². The largest absolute Gasteiger partial charge is 0.345 e. The summed E-state index contributed by atoms with van der Waals surface area (Å²) in [5.41, 5.74) is 3.18. The van der Waals surface area contributed by atoms with Gasteiger partial charge in [-0.3, -0.25) is 0 Å². The van der Waals surface area contributed by atoms with Crippen molar-refractivity contribution in [3.05, 3.63) is 42.6 Å². The van der Waals surface area contributed by atoms with Crippen molar-refractivity contribution in [2.45, 2.75) is 51.9 Å². The van der Waals surface area contributed by atoms with E-state index in [1.807, 2.05) is 0 Å². The van der Waals surface area contributed by atoms with E-state index in [0.29, 0.717) is 5.41 Å². The molecule has 4 aliphatic carbocycles. The summed E-state index contributed by atoms with van der Waals surface area (Å²) in [6.07, 6.45) is 9.92. The van der Waals surface area contributed by atoms with E-state index in [4.69, 9.17) is 0 Å². The molecule has 4 saturated carbocycles. The molecule has 0 N–H and O–H groups in total. The van der Waals surface area contributed by atoms with Crippen molar-refractivity contribution < 1.29 is 0 Å². The number of hydrogen-bond acceptors (Lipinski definition) is 1. The van der Waals surface area contributed by atoms with Crippen LogP contribution in [0.5, 0.6) is 0 Å². The average Bonchev–Trinajstić information content (AvgIpc) is 2.51. The Balaban J connectivity index is 1.64. The summed E-state index contributed by atoms with van der Waals surface area (Å²) >= 11 is 0. The lowest BCUT2D eigenvalue weighted by atomic mass is 9.48. The molecule has 0 aliphatic heterocycles. The molecule has 1 aromatic carbocycles. The van der Waals surface area contributed by atoms with Gasteiger partial charge in [-0.15, -0.1) is 0 Å². The molecule has 4 bridgehead atoms. The molecule has 0 aromatic heterocycles. The van der Waals surface area contributed by atoms with Crippen LogP contribution in [0, 0.1) is 23.2 Å². The maximum Gasteiger partial charge on any atom is 0.0408 e. The summed E-state index contributed by atoms with van der Waals surface area (Å²) in [5, 5.41) is 0. The maximum atomic E-state index is 4.67. The summed E-state index contributed by atoms with van der Waals surface area (Å²) in [4.78, 5) is 2.53. The van der Waals surface area contributed by atoms with Gasteiger partial charge in [0.1, 0.15) is 0 Å². The summed E-state index contributed by atoms with van der Waals surface area (Å²) in [7, 11) is 0. The lowest BCUT2D eigenvalue weighted by Gasteiger charge is -2.58. The highest BCUT2D eigenvalue weighted by Crippen LogP contribution is 2.63. The van der Waals surface area contributed by atoms with Crippen molar-refractivity contribution in [3.8, 4) is 0 Å². The van der Waals surface area contributed by atoms with E-state index in [1.165, 1.54) is 56.3 Å². The molecule has 4 fully saturated rings. The lowest BCUT2D eigenvalue weighted by Crippen LogP contribution is -2.49. The number of rotatable bonds is 5. The normalized spacial score (nSPS) is 35.6. The van der Waals surface area contributed by atoms with Crippen molar-refractivity contribution in [2.24, 2.45) is 23.2 Å². The van der Waals surface area contributed by atoms with Gasteiger partial charge in [0.2, 0.25) is 0 Å². The Hall–Kier alpha value is -1.24. The van der Waals surface area contributed by atoms with Gasteiger partial charge < -0.3 is 4.90 Å². The van der Waals surface area contributed by atoms with E-state index in [2.05, 4.69) is 48.7 Å². The number of allylic oxidation sites excluding steroid dienone is 1. The van der Waals surface area contributed by atoms with Gasteiger partial charge in [0.15, 0.2) is 0 Å². The summed E-state index contributed by atoms with van der Waals surface area (Å²) < 4.78 is 0. The van der Waals surface area contributed by atoms with Gasteiger partial charge in [-0.05, 0) is 74.8 Å². The smallest absolute Gasteiger partial charge is 0.0408 e. The van der Waals surface area contributed by atoms with E-state index in [0.717, 1.165) is 24.3 Å². The number of hydrogen-bond donors (Lipinski definition) is 0. The zero-order valence-electron chi connectivity index (χ0n) is 13.9. The Bertz CT molecular complexity index is 509. The minimum atomic E-state index is 0.416. The van der Waals surface area contributed by atoms with Crippen molar-refractivity contribution >= 4 is 5.69 Å². The highest BCUT2D eigenvalue weighted by atomic mass is 15.2. The molecule has 1 heteroatoms. The first-order chi connectivity index (χ1) is 10.7. The molecule has 5 rings (SSSR count). The van der Waals surface area contributed by atoms with E-state index < -0.39 is 0 Å². The minimum absolute atomic E-state index is 0.416. The molecule has 0 saturated heterocycles. The first-order valence-electron chi connectivity index (χ1n) is 9.22. The standard InChI is InChI=1S/C21H29N/c1-3-9-22(20-7-5-4-6-8-20)16(2)21-13-17-10-18(14-21)12-19(11-17)15-21/h4-8,17-19H,2-3,9-15H2,1H3. The van der Waals surface area contributed by atoms with Crippen LogP contribution in [0.4, 0.5) is 5.69 Å². The van der Waals surface area contributed by atoms with Crippen LogP contribution in [-0.2, 0) is 0 Å². The zero-order chi connectivity index (χ0) is 15.2. The third kappa shape index (κ3) is 2.30. The van der Waals surface area contributed by atoms with Gasteiger partial charge in [0.05, 0.1) is 0 Å². The molecule has 4 aliphatic rings. The van der Waals surface area contributed by atoms with Gasteiger partial charge in [-0.2, -0.15) is 0 Å². The first-order valence-corrected chi connectivity index (χ1v) is 9.22. The number of para-hydroxylation sites is 1. The van der Waals surface area contributed by atoms with Crippen LogP contribution < -0.4 is 4.90 Å². The van der Waals surface area contributed by atoms with E-state index in [-0.39, 0.29) is 0 Å². The van der Waals surface area contributed by atoms with Gasteiger partial charge in [-0.25, -0.2) is 0 Å². The fraction of sp³-hybridized carbons (Fsp3) is 0.619. The molecular weight excluding hydrogens is 266 g/mol. The molecule has 0 amide bonds. The summed E-state index contributed by atoms with van der Waals surface area (Å²) in [6, 6.07) is 10.9. The second-order valence-electron chi connectivity index (χ2n) is 8.13. The zero-order valence-corrected chi connectivity index (χ0v) is 13.9. The Morgan fingerprint density at radius 3 is 2.09 bits per heavy atom. The number of nitrogens with zero attached hydrogens (tertiary/aromatic N) is 1. The van der Waals surface area contributed by atoms with E-state index >= 15 is 0 Å². The Morgan fingerprint density at radius 1 is 1.05 bits per heavy atom. The molecule has 0 atom stereocenters. The van der Waals surface area contributed by atoms with Gasteiger partial charge in [0.25, 0.3) is 0 Å². The Kier molecular flexibility index (Phi) is 3.55. The molecule has 0 spiro atoms. The SMILES string of the molecule is C=C(N(CCC)c1ccccc1)C12CC3CC(CC(C3)C1)C2. The minimum Gasteiger partial charge on any atom is -0.345 e. The van der Waals surface area contributed by atoms with Gasteiger partial charge in [-0.1, -0.05) is 31.7 Å². The monoisotopic (exact) mass is 295 g/mol. The third-order valence-electron chi connectivity index (χ3n) is 6.49. The predicted molar refractivity (Wildman–Crippen MR) is 93.8 cm³/mol. The highest BCUT2D eigenvalue weighted by Gasteiger charge is 2.53. The van der Waals surface area contributed by atoms with Crippen molar-refractivity contribution in [2.75, 3.05) is 11.4 Å². The average molecular weight is 295 g/mol.